The van der Waals surface area contributed by atoms with Gasteiger partial charge in [-0.05, 0) is 36.4 Å². The average Bonchev–Trinajstić information content (AvgIpc) is 2.98. The predicted molar refractivity (Wildman–Crippen MR) is 74.7 cm³/mol. The molecule has 5 nitrogen and oxygen atoms in total. The molecule has 0 aliphatic rings. The van der Waals surface area contributed by atoms with Gasteiger partial charge in [-0.3, -0.25) is 4.79 Å². The Morgan fingerprint density at radius 1 is 1.25 bits per heavy atom. The lowest BCUT2D eigenvalue weighted by Crippen LogP contribution is -2.12. The number of aliphatic hydroxyl groups excluding tert-OH is 1. The number of aryl methyl sites for hydroxylation is 1. The molecule has 5 heteroatoms. The first-order valence-electron chi connectivity index (χ1n) is 6.44. The summed E-state index contributed by atoms with van der Waals surface area (Å²) in [5.41, 5.74) is 0.714. The zero-order valence-electron chi connectivity index (χ0n) is 11.0. The van der Waals surface area contributed by atoms with Gasteiger partial charge in [0.05, 0.1) is 12.9 Å². The normalized spacial score (nSPS) is 10.2. The Hall–Kier alpha value is -2.27. The Labute approximate surface area is 117 Å². The van der Waals surface area contributed by atoms with Crippen molar-refractivity contribution in [3.05, 3.63) is 48.4 Å². The minimum atomic E-state index is -0.0644. The molecule has 1 aromatic heterocycles. The summed E-state index contributed by atoms with van der Waals surface area (Å²) in [6.07, 6.45) is 2.55. The van der Waals surface area contributed by atoms with Gasteiger partial charge in [0.1, 0.15) is 18.1 Å². The number of carbonyl (C=O) groups is 1. The molecule has 0 saturated heterocycles. The van der Waals surface area contributed by atoms with Crippen LogP contribution < -0.4 is 10.1 Å². The van der Waals surface area contributed by atoms with Crippen molar-refractivity contribution in [2.75, 3.05) is 18.5 Å². The number of hydrogen-bond acceptors (Lipinski definition) is 4. The van der Waals surface area contributed by atoms with Gasteiger partial charge in [-0.15, -0.1) is 0 Å². The Morgan fingerprint density at radius 3 is 2.70 bits per heavy atom. The average molecular weight is 275 g/mol. The van der Waals surface area contributed by atoms with Crippen LogP contribution in [0.2, 0.25) is 0 Å². The fourth-order valence-corrected chi connectivity index (χ4v) is 1.71. The summed E-state index contributed by atoms with van der Waals surface area (Å²) < 4.78 is 10.4. The number of furan rings is 1. The summed E-state index contributed by atoms with van der Waals surface area (Å²) in [6, 6.07) is 10.7. The van der Waals surface area contributed by atoms with E-state index in [9.17, 15) is 4.79 Å². The predicted octanol–water partition coefficient (Wildman–Crippen LogP) is 2.22. The molecule has 106 valence electrons. The maximum absolute atomic E-state index is 11.7. The van der Waals surface area contributed by atoms with E-state index in [0.29, 0.717) is 24.3 Å². The van der Waals surface area contributed by atoms with Gasteiger partial charge in [0, 0.05) is 18.5 Å². The number of benzene rings is 1. The number of carbonyl (C=O) groups excluding carboxylic acids is 1. The van der Waals surface area contributed by atoms with Crippen LogP contribution in [0.25, 0.3) is 0 Å². The number of aliphatic hydroxyl groups is 1. The third-order valence-corrected chi connectivity index (χ3v) is 2.68. The molecule has 0 fully saturated rings. The molecule has 0 atom stereocenters. The fraction of sp³-hybridized carbons (Fsp3) is 0.267. The van der Waals surface area contributed by atoms with Crippen LogP contribution in [0, 0.1) is 0 Å². The van der Waals surface area contributed by atoms with Crippen molar-refractivity contribution >= 4 is 11.6 Å². The highest BCUT2D eigenvalue weighted by Crippen LogP contribution is 2.16. The molecular formula is C15H17NO4. The summed E-state index contributed by atoms with van der Waals surface area (Å²) in [5.74, 6) is 1.39. The minimum Gasteiger partial charge on any atom is -0.491 e. The van der Waals surface area contributed by atoms with E-state index in [0.717, 1.165) is 5.76 Å². The van der Waals surface area contributed by atoms with Gasteiger partial charge in [0.15, 0.2) is 0 Å². The van der Waals surface area contributed by atoms with Crippen LogP contribution in [0.3, 0.4) is 0 Å². The first-order valence-corrected chi connectivity index (χ1v) is 6.44. The Kier molecular flexibility index (Phi) is 5.20. The lowest BCUT2D eigenvalue weighted by molar-refractivity contribution is -0.116. The highest BCUT2D eigenvalue weighted by Gasteiger charge is 2.04. The van der Waals surface area contributed by atoms with Crippen molar-refractivity contribution in [3.63, 3.8) is 0 Å². The third kappa shape index (κ3) is 4.44. The highest BCUT2D eigenvalue weighted by atomic mass is 16.5. The van der Waals surface area contributed by atoms with E-state index in [1.54, 1.807) is 36.6 Å². The minimum absolute atomic E-state index is 0.0226. The molecule has 0 unspecified atom stereocenters. The molecule has 0 aliphatic carbocycles. The van der Waals surface area contributed by atoms with Crippen LogP contribution in [0.4, 0.5) is 5.69 Å². The highest BCUT2D eigenvalue weighted by molar-refractivity contribution is 5.90. The van der Waals surface area contributed by atoms with E-state index in [2.05, 4.69) is 5.32 Å². The molecule has 20 heavy (non-hydrogen) atoms. The summed E-state index contributed by atoms with van der Waals surface area (Å²) in [7, 11) is 0. The van der Waals surface area contributed by atoms with Crippen LogP contribution in [-0.4, -0.2) is 24.2 Å². The van der Waals surface area contributed by atoms with E-state index in [1.807, 2.05) is 6.07 Å². The second-order valence-corrected chi connectivity index (χ2v) is 4.22. The lowest BCUT2D eigenvalue weighted by atomic mass is 10.2. The molecule has 0 bridgehead atoms. The lowest BCUT2D eigenvalue weighted by Gasteiger charge is -2.07. The monoisotopic (exact) mass is 275 g/mol. The van der Waals surface area contributed by atoms with E-state index in [4.69, 9.17) is 14.3 Å². The first-order chi connectivity index (χ1) is 9.78. The van der Waals surface area contributed by atoms with Gasteiger partial charge in [0.2, 0.25) is 5.91 Å². The zero-order chi connectivity index (χ0) is 14.2. The van der Waals surface area contributed by atoms with Crippen LogP contribution >= 0.6 is 0 Å². The number of ether oxygens (including phenoxy) is 1. The number of nitrogens with one attached hydrogen (secondary N) is 1. The molecule has 2 N–H and O–H groups in total. The van der Waals surface area contributed by atoms with E-state index >= 15 is 0 Å². The molecule has 0 radical (unpaired) electrons. The standard InChI is InChI=1S/C15H17NO4/c17-9-11-20-14-5-3-12(4-6-14)16-15(18)8-7-13-2-1-10-19-13/h1-6,10,17H,7-9,11H2,(H,16,18). The van der Waals surface area contributed by atoms with Crippen molar-refractivity contribution in [2.24, 2.45) is 0 Å². The number of amides is 1. The van der Waals surface area contributed by atoms with Crippen LogP contribution in [0.5, 0.6) is 5.75 Å². The second-order valence-electron chi connectivity index (χ2n) is 4.22. The molecule has 0 spiro atoms. The van der Waals surface area contributed by atoms with E-state index in [-0.39, 0.29) is 19.1 Å². The van der Waals surface area contributed by atoms with Crippen molar-refractivity contribution in [2.45, 2.75) is 12.8 Å². The maximum atomic E-state index is 11.7. The summed E-state index contributed by atoms with van der Waals surface area (Å²) in [6.45, 7) is 0.236. The van der Waals surface area contributed by atoms with Gasteiger partial charge in [0.25, 0.3) is 0 Å². The first kappa shape index (κ1) is 14.1. The zero-order valence-corrected chi connectivity index (χ0v) is 11.0. The topological polar surface area (TPSA) is 71.7 Å². The largest absolute Gasteiger partial charge is 0.491 e. The Balaban J connectivity index is 1.78. The Bertz CT molecular complexity index is 519. The quantitative estimate of drug-likeness (QED) is 0.812. The molecule has 0 saturated carbocycles. The molecular weight excluding hydrogens is 258 g/mol. The van der Waals surface area contributed by atoms with Crippen LogP contribution in [0.1, 0.15) is 12.2 Å². The number of hydrogen-bond donors (Lipinski definition) is 2. The van der Waals surface area contributed by atoms with Crippen molar-refractivity contribution in [1.82, 2.24) is 0 Å². The van der Waals surface area contributed by atoms with Gasteiger partial charge >= 0.3 is 0 Å². The van der Waals surface area contributed by atoms with Crippen LogP contribution in [0.15, 0.2) is 47.1 Å². The summed E-state index contributed by atoms with van der Waals surface area (Å²) >= 11 is 0. The van der Waals surface area contributed by atoms with E-state index < -0.39 is 0 Å². The molecule has 1 aromatic carbocycles. The van der Waals surface area contributed by atoms with Gasteiger partial charge in [-0.1, -0.05) is 0 Å². The molecule has 0 aliphatic heterocycles. The van der Waals surface area contributed by atoms with Crippen molar-refractivity contribution in [1.29, 1.82) is 0 Å². The molecule has 1 heterocycles. The summed E-state index contributed by atoms with van der Waals surface area (Å²) in [4.78, 5) is 11.7. The van der Waals surface area contributed by atoms with Gasteiger partial charge < -0.3 is 19.6 Å². The molecule has 1 amide bonds. The molecule has 2 aromatic rings. The number of rotatable bonds is 7. The van der Waals surface area contributed by atoms with Crippen molar-refractivity contribution in [3.8, 4) is 5.75 Å². The second kappa shape index (κ2) is 7.35. The summed E-state index contributed by atoms with van der Waals surface area (Å²) in [5, 5.41) is 11.5. The maximum Gasteiger partial charge on any atom is 0.224 e. The van der Waals surface area contributed by atoms with Crippen molar-refractivity contribution < 1.29 is 19.1 Å². The Morgan fingerprint density at radius 2 is 2.05 bits per heavy atom. The third-order valence-electron chi connectivity index (χ3n) is 2.68. The smallest absolute Gasteiger partial charge is 0.224 e. The molecule has 2 rings (SSSR count). The SMILES string of the molecule is O=C(CCc1ccco1)Nc1ccc(OCCO)cc1. The number of anilines is 1. The van der Waals surface area contributed by atoms with Crippen LogP contribution in [-0.2, 0) is 11.2 Å². The fourth-order valence-electron chi connectivity index (χ4n) is 1.71. The van der Waals surface area contributed by atoms with Gasteiger partial charge in [-0.2, -0.15) is 0 Å². The van der Waals surface area contributed by atoms with E-state index in [1.165, 1.54) is 0 Å². The van der Waals surface area contributed by atoms with Gasteiger partial charge in [-0.25, -0.2) is 0 Å².